The molecule has 1 amide bonds. The van der Waals surface area contributed by atoms with E-state index < -0.39 is 0 Å². The summed E-state index contributed by atoms with van der Waals surface area (Å²) in [5.41, 5.74) is 3.08. The van der Waals surface area contributed by atoms with E-state index in [0.29, 0.717) is 6.42 Å². The minimum atomic E-state index is 0.0340. The molecule has 0 aliphatic carbocycles. The first-order valence-electron chi connectivity index (χ1n) is 5.74. The highest BCUT2D eigenvalue weighted by Crippen LogP contribution is 2.29. The molecule has 0 bridgehead atoms. The van der Waals surface area contributed by atoms with E-state index >= 15 is 0 Å². The molecule has 16 heavy (non-hydrogen) atoms. The van der Waals surface area contributed by atoms with Crippen LogP contribution in [0.3, 0.4) is 0 Å². The maximum absolute atomic E-state index is 11.5. The van der Waals surface area contributed by atoms with Crippen LogP contribution in [0.15, 0.2) is 12.1 Å². The summed E-state index contributed by atoms with van der Waals surface area (Å²) in [7, 11) is 0. The molecule has 0 radical (unpaired) electrons. The molecule has 1 N–H and O–H groups in total. The van der Waals surface area contributed by atoms with E-state index in [0.717, 1.165) is 34.7 Å². The zero-order valence-electron chi connectivity index (χ0n) is 10.1. The molecular formula is C13H18ClNO. The molecule has 1 rings (SSSR count). The second kappa shape index (κ2) is 5.90. The number of aryl methyl sites for hydroxylation is 1. The Kier molecular flexibility index (Phi) is 4.81. The fraction of sp³-hybridized carbons (Fsp3) is 0.462. The van der Waals surface area contributed by atoms with Crippen molar-refractivity contribution >= 4 is 23.2 Å². The van der Waals surface area contributed by atoms with Gasteiger partial charge in [0, 0.05) is 17.1 Å². The first kappa shape index (κ1) is 13.0. The third kappa shape index (κ3) is 2.76. The van der Waals surface area contributed by atoms with Crippen LogP contribution in [0.5, 0.6) is 0 Å². The van der Waals surface area contributed by atoms with Crippen molar-refractivity contribution < 1.29 is 4.79 Å². The van der Waals surface area contributed by atoms with Crippen LogP contribution in [-0.2, 0) is 17.6 Å². The summed E-state index contributed by atoms with van der Waals surface area (Å²) in [6.07, 6.45) is 2.20. The molecule has 0 saturated heterocycles. The maximum atomic E-state index is 11.5. The highest BCUT2D eigenvalue weighted by atomic mass is 35.5. The van der Waals surface area contributed by atoms with Gasteiger partial charge in [-0.3, -0.25) is 4.79 Å². The predicted molar refractivity (Wildman–Crippen MR) is 69.1 cm³/mol. The Hall–Kier alpha value is -1.02. The smallest absolute Gasteiger partial charge is 0.224 e. The van der Waals surface area contributed by atoms with Crippen LogP contribution in [0, 0.1) is 0 Å². The van der Waals surface area contributed by atoms with Crippen molar-refractivity contribution in [2.75, 3.05) is 5.32 Å². The average Bonchev–Trinajstić information content (AvgIpc) is 2.29. The van der Waals surface area contributed by atoms with Gasteiger partial charge in [0.25, 0.3) is 0 Å². The van der Waals surface area contributed by atoms with Gasteiger partial charge in [0.05, 0.1) is 0 Å². The molecule has 3 heteroatoms. The molecule has 0 heterocycles. The lowest BCUT2D eigenvalue weighted by Gasteiger charge is -2.15. The van der Waals surface area contributed by atoms with Crippen molar-refractivity contribution in [3.8, 4) is 0 Å². The zero-order valence-corrected chi connectivity index (χ0v) is 10.8. The first-order valence-corrected chi connectivity index (χ1v) is 6.11. The van der Waals surface area contributed by atoms with Crippen LogP contribution >= 0.6 is 11.6 Å². The molecule has 1 aromatic rings. The summed E-state index contributed by atoms with van der Waals surface area (Å²) in [5.74, 6) is 0.0340. The predicted octanol–water partition coefficient (Wildman–Crippen LogP) is 3.81. The summed E-state index contributed by atoms with van der Waals surface area (Å²) in [6, 6.07) is 3.88. The lowest BCUT2D eigenvalue weighted by Crippen LogP contribution is -2.13. The van der Waals surface area contributed by atoms with Crippen LogP contribution in [0.1, 0.15) is 38.3 Å². The van der Waals surface area contributed by atoms with E-state index in [9.17, 15) is 4.79 Å². The summed E-state index contributed by atoms with van der Waals surface area (Å²) < 4.78 is 0. The Bertz CT molecular complexity index is 388. The summed E-state index contributed by atoms with van der Waals surface area (Å²) in [5, 5.41) is 3.68. The summed E-state index contributed by atoms with van der Waals surface area (Å²) in [6.45, 7) is 5.96. The Balaban J connectivity index is 3.19. The van der Waals surface area contributed by atoms with Crippen LogP contribution in [0.2, 0.25) is 5.02 Å². The highest BCUT2D eigenvalue weighted by Gasteiger charge is 2.11. The van der Waals surface area contributed by atoms with Crippen molar-refractivity contribution in [1.29, 1.82) is 0 Å². The van der Waals surface area contributed by atoms with Gasteiger partial charge in [-0.25, -0.2) is 0 Å². The monoisotopic (exact) mass is 239 g/mol. The Morgan fingerprint density at radius 3 is 2.44 bits per heavy atom. The van der Waals surface area contributed by atoms with E-state index in [1.807, 2.05) is 26.0 Å². The quantitative estimate of drug-likeness (QED) is 0.851. The lowest BCUT2D eigenvalue weighted by molar-refractivity contribution is -0.115. The number of carbonyl (C=O) groups is 1. The van der Waals surface area contributed by atoms with Gasteiger partial charge in [0.1, 0.15) is 0 Å². The molecule has 0 spiro atoms. The number of hydrogen-bond donors (Lipinski definition) is 1. The number of hydrogen-bond acceptors (Lipinski definition) is 1. The van der Waals surface area contributed by atoms with Crippen molar-refractivity contribution in [3.05, 3.63) is 28.3 Å². The minimum absolute atomic E-state index is 0.0340. The van der Waals surface area contributed by atoms with Crippen LogP contribution in [0.25, 0.3) is 0 Å². The Labute approximate surface area is 102 Å². The Morgan fingerprint density at radius 2 is 1.94 bits per heavy atom. The van der Waals surface area contributed by atoms with Crippen LogP contribution in [0.4, 0.5) is 5.69 Å². The molecule has 88 valence electrons. The van der Waals surface area contributed by atoms with Gasteiger partial charge in [-0.15, -0.1) is 0 Å². The SMILES string of the molecule is CCC(=O)Nc1c(CC)ccc(Cl)c1CC. The maximum Gasteiger partial charge on any atom is 0.224 e. The second-order valence-electron chi connectivity index (χ2n) is 3.67. The van der Waals surface area contributed by atoms with E-state index in [-0.39, 0.29) is 5.91 Å². The number of rotatable bonds is 4. The van der Waals surface area contributed by atoms with Gasteiger partial charge in [0.15, 0.2) is 0 Å². The van der Waals surface area contributed by atoms with E-state index in [1.54, 1.807) is 0 Å². The third-order valence-corrected chi connectivity index (χ3v) is 3.02. The molecule has 0 fully saturated rings. The molecule has 0 saturated carbocycles. The topological polar surface area (TPSA) is 29.1 Å². The first-order chi connectivity index (χ1) is 7.63. The van der Waals surface area contributed by atoms with E-state index in [4.69, 9.17) is 11.6 Å². The number of amides is 1. The third-order valence-electron chi connectivity index (χ3n) is 2.66. The fourth-order valence-electron chi connectivity index (χ4n) is 1.69. The van der Waals surface area contributed by atoms with Gasteiger partial charge in [-0.05, 0) is 30.0 Å². The van der Waals surface area contributed by atoms with Gasteiger partial charge in [0.2, 0.25) is 5.91 Å². The van der Waals surface area contributed by atoms with Crippen LogP contribution < -0.4 is 5.32 Å². The standard InChI is InChI=1S/C13H18ClNO/c1-4-9-7-8-11(14)10(5-2)13(9)15-12(16)6-3/h7-8H,4-6H2,1-3H3,(H,15,16). The number of benzene rings is 1. The number of halogens is 1. The largest absolute Gasteiger partial charge is 0.326 e. The minimum Gasteiger partial charge on any atom is -0.326 e. The van der Waals surface area contributed by atoms with Gasteiger partial charge < -0.3 is 5.32 Å². The molecule has 0 aliphatic heterocycles. The number of anilines is 1. The van der Waals surface area contributed by atoms with Crippen LogP contribution in [-0.4, -0.2) is 5.91 Å². The van der Waals surface area contributed by atoms with Gasteiger partial charge >= 0.3 is 0 Å². The van der Waals surface area contributed by atoms with Crippen molar-refractivity contribution in [1.82, 2.24) is 0 Å². The Morgan fingerprint density at radius 1 is 1.25 bits per heavy atom. The van der Waals surface area contributed by atoms with Crippen molar-refractivity contribution in [3.63, 3.8) is 0 Å². The van der Waals surface area contributed by atoms with Gasteiger partial charge in [-0.2, -0.15) is 0 Å². The molecular weight excluding hydrogens is 222 g/mol. The van der Waals surface area contributed by atoms with Crippen molar-refractivity contribution in [2.45, 2.75) is 40.0 Å². The van der Waals surface area contributed by atoms with Gasteiger partial charge in [-0.1, -0.05) is 38.4 Å². The number of carbonyl (C=O) groups excluding carboxylic acids is 1. The fourth-order valence-corrected chi connectivity index (χ4v) is 1.99. The molecule has 0 aromatic heterocycles. The zero-order chi connectivity index (χ0) is 12.1. The summed E-state index contributed by atoms with van der Waals surface area (Å²) in [4.78, 5) is 11.5. The molecule has 0 atom stereocenters. The summed E-state index contributed by atoms with van der Waals surface area (Å²) >= 11 is 6.13. The average molecular weight is 240 g/mol. The normalized spacial score (nSPS) is 10.2. The van der Waals surface area contributed by atoms with Crippen molar-refractivity contribution in [2.24, 2.45) is 0 Å². The highest BCUT2D eigenvalue weighted by molar-refractivity contribution is 6.31. The number of nitrogens with one attached hydrogen (secondary N) is 1. The molecule has 2 nitrogen and oxygen atoms in total. The van der Waals surface area contributed by atoms with E-state index in [2.05, 4.69) is 12.2 Å². The molecule has 0 aliphatic rings. The van der Waals surface area contributed by atoms with E-state index in [1.165, 1.54) is 0 Å². The molecule has 1 aromatic carbocycles. The lowest BCUT2D eigenvalue weighted by atomic mass is 10.0. The second-order valence-corrected chi connectivity index (χ2v) is 4.08. The molecule has 0 unspecified atom stereocenters.